The fraction of sp³-hybridized carbons (Fsp3) is 0.318. The molecular formula is C22H21BrN2O3S. The van der Waals surface area contributed by atoms with Gasteiger partial charge in [0.2, 0.25) is 5.91 Å². The maximum Gasteiger partial charge on any atom is 0.255 e. The number of hydrogen-bond donors (Lipinski definition) is 0. The summed E-state index contributed by atoms with van der Waals surface area (Å²) >= 11 is 5.16. The van der Waals surface area contributed by atoms with Gasteiger partial charge in [0.15, 0.2) is 0 Å². The Balaban J connectivity index is 1.52. The first-order valence-electron chi connectivity index (χ1n) is 9.49. The summed E-state index contributed by atoms with van der Waals surface area (Å²) in [5.74, 6) is 0.221. The second-order valence-corrected chi connectivity index (χ2v) is 8.88. The van der Waals surface area contributed by atoms with Gasteiger partial charge in [-0.1, -0.05) is 46.3 Å². The van der Waals surface area contributed by atoms with Crippen molar-refractivity contribution in [3.8, 4) is 0 Å². The number of fused-ring (bicyclic) bond motifs is 1. The number of carbonyl (C=O) groups excluding carboxylic acids is 3. The van der Waals surface area contributed by atoms with E-state index in [9.17, 15) is 14.4 Å². The summed E-state index contributed by atoms with van der Waals surface area (Å²) in [6.45, 7) is 0.415. The Morgan fingerprint density at radius 1 is 1.07 bits per heavy atom. The fourth-order valence-electron chi connectivity index (χ4n) is 3.79. The topological polar surface area (TPSA) is 57.7 Å². The number of piperidine rings is 1. The molecule has 1 saturated heterocycles. The van der Waals surface area contributed by atoms with E-state index in [2.05, 4.69) is 40.2 Å². The minimum absolute atomic E-state index is 0.120. The molecule has 0 saturated carbocycles. The highest BCUT2D eigenvalue weighted by molar-refractivity contribution is 9.08. The normalized spacial score (nSPS) is 19.1. The number of alkyl halides is 1. The monoisotopic (exact) mass is 472 g/mol. The Hall–Kier alpha value is -2.12. The van der Waals surface area contributed by atoms with Gasteiger partial charge in [-0.05, 0) is 35.2 Å². The first-order chi connectivity index (χ1) is 14.0. The Morgan fingerprint density at radius 2 is 1.79 bits per heavy atom. The average molecular weight is 473 g/mol. The minimum atomic E-state index is -0.563. The van der Waals surface area contributed by atoms with E-state index in [1.165, 1.54) is 18.2 Å². The minimum Gasteiger partial charge on any atom is -0.322 e. The largest absolute Gasteiger partial charge is 0.322 e. The van der Waals surface area contributed by atoms with Crippen LogP contribution < -0.4 is 0 Å². The second-order valence-electron chi connectivity index (χ2n) is 7.30. The molecule has 1 unspecified atom stereocenters. The molecule has 0 aliphatic carbocycles. The van der Waals surface area contributed by atoms with Crippen LogP contribution in [-0.4, -0.2) is 40.6 Å². The van der Waals surface area contributed by atoms with Crippen molar-refractivity contribution in [1.82, 2.24) is 9.80 Å². The third kappa shape index (κ3) is 3.85. The third-order valence-corrected chi connectivity index (χ3v) is 7.34. The molecule has 2 aromatic carbocycles. The van der Waals surface area contributed by atoms with Crippen molar-refractivity contribution in [2.75, 3.05) is 7.05 Å². The molecule has 29 heavy (non-hydrogen) atoms. The van der Waals surface area contributed by atoms with Gasteiger partial charge < -0.3 is 4.90 Å². The van der Waals surface area contributed by atoms with Crippen LogP contribution in [0.3, 0.4) is 0 Å². The molecule has 2 aliphatic heterocycles. The lowest BCUT2D eigenvalue weighted by Gasteiger charge is -2.33. The molecule has 5 nitrogen and oxygen atoms in total. The number of likely N-dealkylation sites (tertiary alicyclic amines) is 1. The van der Waals surface area contributed by atoms with Crippen LogP contribution in [0, 0.1) is 0 Å². The number of thioether (sulfide) groups is 1. The fourth-order valence-corrected chi connectivity index (χ4v) is 5.20. The zero-order valence-electron chi connectivity index (χ0n) is 16.1. The van der Waals surface area contributed by atoms with E-state index in [4.69, 9.17) is 0 Å². The molecule has 3 amide bonds. The number of carbonyl (C=O) groups is 3. The molecule has 2 aromatic rings. The molecule has 0 radical (unpaired) electrons. The molecule has 0 N–H and O–H groups in total. The van der Waals surface area contributed by atoms with E-state index in [1.807, 2.05) is 18.2 Å². The number of benzene rings is 2. The Labute approximate surface area is 182 Å². The summed E-state index contributed by atoms with van der Waals surface area (Å²) in [6, 6.07) is 13.7. The van der Waals surface area contributed by atoms with Crippen LogP contribution in [0.25, 0.3) is 0 Å². The predicted molar refractivity (Wildman–Crippen MR) is 116 cm³/mol. The van der Waals surface area contributed by atoms with Gasteiger partial charge in [0, 0.05) is 41.6 Å². The van der Waals surface area contributed by atoms with Crippen LogP contribution in [0.5, 0.6) is 0 Å². The molecule has 4 rings (SSSR count). The number of rotatable bonds is 5. The van der Waals surface area contributed by atoms with Crippen molar-refractivity contribution in [1.29, 1.82) is 0 Å². The quantitative estimate of drug-likeness (QED) is 0.375. The van der Waals surface area contributed by atoms with E-state index >= 15 is 0 Å². The van der Waals surface area contributed by atoms with Crippen LogP contribution in [-0.2, 0) is 27.2 Å². The van der Waals surface area contributed by atoms with Crippen molar-refractivity contribution in [3.63, 3.8) is 0 Å². The molecule has 2 aliphatic rings. The summed E-state index contributed by atoms with van der Waals surface area (Å²) < 4.78 is 0. The maximum atomic E-state index is 13.0. The number of halogens is 1. The van der Waals surface area contributed by atoms with E-state index in [1.54, 1.807) is 16.7 Å². The average Bonchev–Trinajstić information content (AvgIpc) is 3.08. The van der Waals surface area contributed by atoms with E-state index in [0.717, 1.165) is 26.4 Å². The smallest absolute Gasteiger partial charge is 0.255 e. The molecule has 7 heteroatoms. The van der Waals surface area contributed by atoms with E-state index in [0.29, 0.717) is 24.9 Å². The predicted octanol–water partition coefficient (Wildman–Crippen LogP) is 3.98. The van der Waals surface area contributed by atoms with Crippen LogP contribution in [0.1, 0.15) is 39.9 Å². The first-order valence-corrected chi connectivity index (χ1v) is 11.6. The Morgan fingerprint density at radius 3 is 2.52 bits per heavy atom. The van der Waals surface area contributed by atoms with Crippen molar-refractivity contribution in [3.05, 3.63) is 64.7 Å². The number of amides is 3. The van der Waals surface area contributed by atoms with Crippen molar-refractivity contribution >= 4 is 45.4 Å². The number of nitrogens with zero attached hydrogens (tertiary/aromatic N) is 2. The number of likely N-dealkylation sites (N-methyl/N-ethyl adjacent to an activating group) is 1. The third-order valence-electron chi connectivity index (χ3n) is 5.52. The van der Waals surface area contributed by atoms with E-state index < -0.39 is 6.04 Å². The molecule has 1 atom stereocenters. The summed E-state index contributed by atoms with van der Waals surface area (Å²) in [4.78, 5) is 41.2. The van der Waals surface area contributed by atoms with E-state index in [-0.39, 0.29) is 17.7 Å². The molecule has 150 valence electrons. The van der Waals surface area contributed by atoms with Crippen molar-refractivity contribution in [2.45, 2.75) is 41.4 Å². The van der Waals surface area contributed by atoms with Gasteiger partial charge in [-0.15, -0.1) is 11.8 Å². The zero-order valence-corrected chi connectivity index (χ0v) is 18.5. The SMILES string of the molecule is CN1C(=O)CCC(N2Cc3c(SCc4ccc(CBr)cc4)cccc3C2=O)C1=O. The Kier molecular flexibility index (Phi) is 5.79. The van der Waals surface area contributed by atoms with Crippen molar-refractivity contribution < 1.29 is 14.4 Å². The molecule has 2 heterocycles. The van der Waals surface area contributed by atoms with Gasteiger partial charge in [-0.25, -0.2) is 0 Å². The molecule has 0 spiro atoms. The molecule has 1 fully saturated rings. The lowest BCUT2D eigenvalue weighted by atomic mass is 10.0. The van der Waals surface area contributed by atoms with Gasteiger partial charge in [0.25, 0.3) is 11.8 Å². The maximum absolute atomic E-state index is 13.0. The summed E-state index contributed by atoms with van der Waals surface area (Å²) in [6.07, 6.45) is 0.684. The second kappa shape index (κ2) is 8.32. The van der Waals surface area contributed by atoms with Gasteiger partial charge in [0.1, 0.15) is 6.04 Å². The van der Waals surface area contributed by atoms with Crippen molar-refractivity contribution in [2.24, 2.45) is 0 Å². The standard InChI is InChI=1S/C22H21BrN2O3S/c1-24-20(26)10-9-18(22(24)28)25-12-17-16(21(25)27)3-2-4-19(17)29-13-15-7-5-14(11-23)6-8-15/h2-8,18H,9-13H2,1H3. The summed E-state index contributed by atoms with van der Waals surface area (Å²) in [7, 11) is 1.49. The molecular weight excluding hydrogens is 452 g/mol. The zero-order chi connectivity index (χ0) is 20.5. The van der Waals surface area contributed by atoms with Gasteiger partial charge in [-0.3, -0.25) is 19.3 Å². The lowest BCUT2D eigenvalue weighted by molar-refractivity contribution is -0.150. The summed E-state index contributed by atoms with van der Waals surface area (Å²) in [5, 5.41) is 0.839. The number of hydrogen-bond acceptors (Lipinski definition) is 4. The molecule has 0 aromatic heterocycles. The lowest BCUT2D eigenvalue weighted by Crippen LogP contribution is -2.53. The highest BCUT2D eigenvalue weighted by Crippen LogP contribution is 2.36. The van der Waals surface area contributed by atoms with Crippen LogP contribution >= 0.6 is 27.7 Å². The summed E-state index contributed by atoms with van der Waals surface area (Å²) in [5.41, 5.74) is 4.10. The number of imide groups is 1. The van der Waals surface area contributed by atoms with Crippen LogP contribution in [0.15, 0.2) is 47.4 Å². The van der Waals surface area contributed by atoms with Gasteiger partial charge in [-0.2, -0.15) is 0 Å². The van der Waals surface area contributed by atoms with Gasteiger partial charge >= 0.3 is 0 Å². The molecule has 0 bridgehead atoms. The highest BCUT2D eigenvalue weighted by atomic mass is 79.9. The Bertz CT molecular complexity index is 977. The van der Waals surface area contributed by atoms with Crippen LogP contribution in [0.4, 0.5) is 0 Å². The van der Waals surface area contributed by atoms with Crippen LogP contribution in [0.2, 0.25) is 0 Å². The van der Waals surface area contributed by atoms with Gasteiger partial charge in [0.05, 0.1) is 0 Å². The highest BCUT2D eigenvalue weighted by Gasteiger charge is 2.41. The first kappa shape index (κ1) is 20.2.